The van der Waals surface area contributed by atoms with Crippen LogP contribution in [-0.4, -0.2) is 36.6 Å². The third-order valence-electron chi connectivity index (χ3n) is 5.04. The van der Waals surface area contributed by atoms with Gasteiger partial charge in [-0.3, -0.25) is 9.59 Å². The smallest absolute Gasteiger partial charge is 0.312 e. The zero-order valence-electron chi connectivity index (χ0n) is 16.3. The first-order valence-corrected chi connectivity index (χ1v) is 10.5. The van der Waals surface area contributed by atoms with Gasteiger partial charge in [-0.25, -0.2) is 4.98 Å². The van der Waals surface area contributed by atoms with Crippen LogP contribution in [0.1, 0.15) is 38.3 Å². The van der Waals surface area contributed by atoms with Gasteiger partial charge in [0.2, 0.25) is 0 Å². The fourth-order valence-electron chi connectivity index (χ4n) is 3.38. The number of nitrogens with zero attached hydrogens (tertiary/aromatic N) is 1. The van der Waals surface area contributed by atoms with Crippen molar-refractivity contribution in [2.75, 3.05) is 13.7 Å². The summed E-state index contributed by atoms with van der Waals surface area (Å²) in [6.07, 6.45) is 4.53. The number of benzene rings is 1. The van der Waals surface area contributed by atoms with Gasteiger partial charge in [0.1, 0.15) is 10.8 Å². The van der Waals surface area contributed by atoms with E-state index in [1.807, 2.05) is 29.6 Å². The van der Waals surface area contributed by atoms with Crippen LogP contribution in [0.2, 0.25) is 0 Å². The minimum Gasteiger partial charge on any atom is -0.497 e. The lowest BCUT2D eigenvalue weighted by Crippen LogP contribution is -2.42. The van der Waals surface area contributed by atoms with Crippen molar-refractivity contribution in [3.63, 3.8) is 0 Å². The minimum absolute atomic E-state index is 0.0553. The molecule has 0 spiro atoms. The number of thiazole rings is 1. The minimum atomic E-state index is -0.446. The zero-order chi connectivity index (χ0) is 19.9. The molecule has 0 saturated heterocycles. The Morgan fingerprint density at radius 1 is 1.21 bits per heavy atom. The SMILES string of the molecule is COc1ccc(-c2nc(CC(=O)OCC(=O)N[C@@H]3CCCC[C@H]3C)cs2)cc1. The summed E-state index contributed by atoms with van der Waals surface area (Å²) in [5.41, 5.74) is 1.61. The van der Waals surface area contributed by atoms with Crippen molar-refractivity contribution < 1.29 is 19.1 Å². The Hall–Kier alpha value is -2.41. The molecule has 0 unspecified atom stereocenters. The molecule has 7 heteroatoms. The Kier molecular flexibility index (Phi) is 7.03. The van der Waals surface area contributed by atoms with Crippen molar-refractivity contribution >= 4 is 23.2 Å². The van der Waals surface area contributed by atoms with Crippen LogP contribution >= 0.6 is 11.3 Å². The van der Waals surface area contributed by atoms with Gasteiger partial charge in [0.05, 0.1) is 19.2 Å². The number of hydrogen-bond donors (Lipinski definition) is 1. The van der Waals surface area contributed by atoms with Crippen LogP contribution in [0.5, 0.6) is 5.75 Å². The van der Waals surface area contributed by atoms with E-state index in [0.29, 0.717) is 11.6 Å². The third-order valence-corrected chi connectivity index (χ3v) is 5.98. The van der Waals surface area contributed by atoms with Crippen LogP contribution < -0.4 is 10.1 Å². The van der Waals surface area contributed by atoms with E-state index in [2.05, 4.69) is 17.2 Å². The molecule has 0 bridgehead atoms. The second-order valence-corrected chi connectivity index (χ2v) is 8.00. The van der Waals surface area contributed by atoms with Crippen LogP contribution in [0, 0.1) is 5.92 Å². The molecule has 1 aromatic heterocycles. The monoisotopic (exact) mass is 402 g/mol. The number of carbonyl (C=O) groups excluding carboxylic acids is 2. The topological polar surface area (TPSA) is 77.5 Å². The number of carbonyl (C=O) groups is 2. The zero-order valence-corrected chi connectivity index (χ0v) is 17.1. The maximum absolute atomic E-state index is 12.0. The molecule has 1 saturated carbocycles. The number of methoxy groups -OCH3 is 1. The third kappa shape index (κ3) is 5.55. The largest absolute Gasteiger partial charge is 0.497 e. The highest BCUT2D eigenvalue weighted by Gasteiger charge is 2.23. The molecule has 1 aliphatic carbocycles. The molecular weight excluding hydrogens is 376 g/mol. The quantitative estimate of drug-likeness (QED) is 0.716. The number of hydrogen-bond acceptors (Lipinski definition) is 6. The fourth-order valence-corrected chi connectivity index (χ4v) is 4.20. The molecule has 2 aromatic rings. The first-order valence-electron chi connectivity index (χ1n) is 9.59. The van der Waals surface area contributed by atoms with E-state index in [9.17, 15) is 9.59 Å². The first-order chi connectivity index (χ1) is 13.5. The maximum Gasteiger partial charge on any atom is 0.312 e. The summed E-state index contributed by atoms with van der Waals surface area (Å²) in [5, 5.41) is 5.65. The van der Waals surface area contributed by atoms with Gasteiger partial charge in [-0.2, -0.15) is 0 Å². The van der Waals surface area contributed by atoms with Crippen LogP contribution in [0.3, 0.4) is 0 Å². The van der Waals surface area contributed by atoms with Crippen LogP contribution in [-0.2, 0) is 20.7 Å². The van der Waals surface area contributed by atoms with Gasteiger partial charge in [0.15, 0.2) is 6.61 Å². The standard InChI is InChI=1S/C21H26N2O4S/c1-14-5-3-4-6-18(14)23-19(24)12-27-20(25)11-16-13-28-21(22-16)15-7-9-17(26-2)10-8-15/h7-10,13-14,18H,3-6,11-12H2,1-2H3,(H,23,24)/t14-,18-/m1/s1. The van der Waals surface area contributed by atoms with Gasteiger partial charge < -0.3 is 14.8 Å². The summed E-state index contributed by atoms with van der Waals surface area (Å²) in [7, 11) is 1.62. The number of nitrogens with one attached hydrogen (secondary N) is 1. The lowest BCUT2D eigenvalue weighted by atomic mass is 9.86. The van der Waals surface area contributed by atoms with Gasteiger partial charge in [-0.05, 0) is 43.0 Å². The van der Waals surface area contributed by atoms with Crippen molar-refractivity contribution in [2.45, 2.75) is 45.1 Å². The molecule has 6 nitrogen and oxygen atoms in total. The van der Waals surface area contributed by atoms with Crippen molar-refractivity contribution in [2.24, 2.45) is 5.92 Å². The number of amides is 1. The first kappa shape index (κ1) is 20.3. The Bertz CT molecular complexity index is 803. The normalized spacial score (nSPS) is 19.1. The van der Waals surface area contributed by atoms with E-state index in [4.69, 9.17) is 9.47 Å². The lowest BCUT2D eigenvalue weighted by Gasteiger charge is -2.29. The Labute approximate surface area is 169 Å². The lowest BCUT2D eigenvalue weighted by molar-refractivity contribution is -0.148. The Morgan fingerprint density at radius 2 is 1.96 bits per heavy atom. The number of esters is 1. The molecule has 1 N–H and O–H groups in total. The number of aromatic nitrogens is 1. The molecule has 3 rings (SSSR count). The predicted octanol–water partition coefficient (Wildman–Crippen LogP) is 3.60. The van der Waals surface area contributed by atoms with Crippen molar-refractivity contribution in [1.82, 2.24) is 10.3 Å². The van der Waals surface area contributed by atoms with E-state index >= 15 is 0 Å². The van der Waals surface area contributed by atoms with E-state index in [1.165, 1.54) is 17.8 Å². The molecule has 28 heavy (non-hydrogen) atoms. The fraction of sp³-hybridized carbons (Fsp3) is 0.476. The Morgan fingerprint density at radius 3 is 2.68 bits per heavy atom. The summed E-state index contributed by atoms with van der Waals surface area (Å²) < 4.78 is 10.3. The molecule has 1 fully saturated rings. The van der Waals surface area contributed by atoms with E-state index in [0.717, 1.165) is 35.6 Å². The summed E-state index contributed by atoms with van der Waals surface area (Å²) in [6.45, 7) is 1.91. The highest BCUT2D eigenvalue weighted by molar-refractivity contribution is 7.13. The summed E-state index contributed by atoms with van der Waals surface area (Å²) in [6, 6.07) is 7.78. The average molecular weight is 403 g/mol. The van der Waals surface area contributed by atoms with Crippen molar-refractivity contribution in [3.8, 4) is 16.3 Å². The van der Waals surface area contributed by atoms with Gasteiger partial charge in [-0.1, -0.05) is 19.8 Å². The summed E-state index contributed by atoms with van der Waals surface area (Å²) in [5.74, 6) is 0.576. The number of ether oxygens (including phenoxy) is 2. The summed E-state index contributed by atoms with van der Waals surface area (Å²) >= 11 is 1.47. The van der Waals surface area contributed by atoms with Gasteiger partial charge in [-0.15, -0.1) is 11.3 Å². The molecule has 0 aliphatic heterocycles. The highest BCUT2D eigenvalue weighted by atomic mass is 32.1. The molecule has 1 heterocycles. The maximum atomic E-state index is 12.0. The number of rotatable bonds is 7. The second kappa shape index (κ2) is 9.68. The van der Waals surface area contributed by atoms with Crippen molar-refractivity contribution in [3.05, 3.63) is 35.3 Å². The Balaban J connectivity index is 1.45. The average Bonchev–Trinajstić information content (AvgIpc) is 3.16. The molecule has 2 atom stereocenters. The van der Waals surface area contributed by atoms with E-state index in [-0.39, 0.29) is 25.0 Å². The summed E-state index contributed by atoms with van der Waals surface area (Å²) in [4.78, 5) is 28.6. The van der Waals surface area contributed by atoms with Gasteiger partial charge in [0.25, 0.3) is 5.91 Å². The van der Waals surface area contributed by atoms with E-state index < -0.39 is 5.97 Å². The predicted molar refractivity (Wildman–Crippen MR) is 108 cm³/mol. The molecule has 1 amide bonds. The van der Waals surface area contributed by atoms with Crippen molar-refractivity contribution in [1.29, 1.82) is 0 Å². The highest BCUT2D eigenvalue weighted by Crippen LogP contribution is 2.26. The molecule has 1 aliphatic rings. The second-order valence-electron chi connectivity index (χ2n) is 7.15. The van der Waals surface area contributed by atoms with E-state index in [1.54, 1.807) is 7.11 Å². The van der Waals surface area contributed by atoms with Gasteiger partial charge in [0, 0.05) is 17.0 Å². The molecular formula is C21H26N2O4S. The van der Waals surface area contributed by atoms with Crippen LogP contribution in [0.4, 0.5) is 0 Å². The molecule has 150 valence electrons. The van der Waals surface area contributed by atoms with Crippen LogP contribution in [0.15, 0.2) is 29.6 Å². The van der Waals surface area contributed by atoms with Gasteiger partial charge >= 0.3 is 5.97 Å². The molecule has 1 aromatic carbocycles. The van der Waals surface area contributed by atoms with Crippen LogP contribution in [0.25, 0.3) is 10.6 Å². The molecule has 0 radical (unpaired) electrons.